The van der Waals surface area contributed by atoms with Gasteiger partial charge in [-0.25, -0.2) is 11.7 Å². The van der Waals surface area contributed by atoms with Crippen molar-refractivity contribution in [1.29, 1.82) is 0 Å². The molecule has 0 atom stereocenters. The first-order valence-electron chi connectivity index (χ1n) is 3.91. The van der Waals surface area contributed by atoms with Crippen LogP contribution in [0.3, 0.4) is 0 Å². The largest absolute Gasteiger partial charge is 0.290 e. The van der Waals surface area contributed by atoms with E-state index in [0.717, 1.165) is 3.57 Å². The molecule has 0 saturated heterocycles. The summed E-state index contributed by atoms with van der Waals surface area (Å²) < 4.78 is 0.743. The summed E-state index contributed by atoms with van der Waals surface area (Å²) >= 11 is 1.99. The van der Waals surface area contributed by atoms with E-state index in [1.807, 2.05) is 33.4 Å². The van der Waals surface area contributed by atoms with Gasteiger partial charge in [0.2, 0.25) is 0 Å². The summed E-state index contributed by atoms with van der Waals surface area (Å²) in [6, 6.07) is 4.62. The molecule has 0 fully saturated rings. The molecular formula is C8H9IN4O2. The molecule has 0 aliphatic rings. The van der Waals surface area contributed by atoms with E-state index in [4.69, 9.17) is 11.7 Å². The highest BCUT2D eigenvalue weighted by Gasteiger charge is 2.10. The Morgan fingerprint density at radius 3 is 1.73 bits per heavy atom. The van der Waals surface area contributed by atoms with Gasteiger partial charge in [0, 0.05) is 14.7 Å². The van der Waals surface area contributed by atoms with E-state index in [1.165, 1.54) is 6.07 Å². The monoisotopic (exact) mass is 320 g/mol. The first-order valence-corrected chi connectivity index (χ1v) is 4.99. The number of nitrogens with two attached hydrogens (primary N) is 2. The lowest BCUT2D eigenvalue weighted by atomic mass is 10.1. The molecule has 2 amide bonds. The maximum atomic E-state index is 11.2. The number of nitrogens with one attached hydrogen (secondary N) is 2. The molecule has 0 bridgehead atoms. The zero-order valence-corrected chi connectivity index (χ0v) is 9.74. The molecule has 1 rings (SSSR count). The Morgan fingerprint density at radius 2 is 1.40 bits per heavy atom. The van der Waals surface area contributed by atoms with Crippen molar-refractivity contribution in [2.75, 3.05) is 0 Å². The maximum Gasteiger partial charge on any atom is 0.265 e. The van der Waals surface area contributed by atoms with Crippen molar-refractivity contribution in [3.63, 3.8) is 0 Å². The number of carbonyl (C=O) groups is 2. The van der Waals surface area contributed by atoms with E-state index in [2.05, 4.69) is 0 Å². The quantitative estimate of drug-likeness (QED) is 0.255. The van der Waals surface area contributed by atoms with Gasteiger partial charge in [-0.3, -0.25) is 20.4 Å². The smallest absolute Gasteiger partial charge is 0.265 e. The molecule has 0 spiro atoms. The SMILES string of the molecule is NNC(=O)c1cc(I)cc(C(=O)NN)c1. The standard InChI is InChI=1S/C8H9IN4O2/c9-6-2-4(7(14)12-10)1-5(3-6)8(15)13-11/h1-3H,10-11H2,(H,12,14)(H,13,15). The van der Waals surface area contributed by atoms with Gasteiger partial charge in [0.15, 0.2) is 0 Å². The Kier molecular flexibility index (Phi) is 4.00. The number of hydrazine groups is 2. The lowest BCUT2D eigenvalue weighted by molar-refractivity contribution is 0.0953. The second-order valence-corrected chi connectivity index (χ2v) is 3.92. The molecule has 7 heteroatoms. The number of rotatable bonds is 2. The third kappa shape index (κ3) is 2.88. The molecule has 0 heterocycles. The molecular weight excluding hydrogens is 311 g/mol. The molecule has 1 aromatic rings. The van der Waals surface area contributed by atoms with Crippen LogP contribution in [-0.4, -0.2) is 11.8 Å². The summed E-state index contributed by atoms with van der Waals surface area (Å²) in [6.07, 6.45) is 0. The van der Waals surface area contributed by atoms with Crippen LogP contribution >= 0.6 is 22.6 Å². The number of halogens is 1. The predicted molar refractivity (Wildman–Crippen MR) is 62.5 cm³/mol. The highest BCUT2D eigenvalue weighted by molar-refractivity contribution is 14.1. The number of amides is 2. The average Bonchev–Trinajstić information content (AvgIpc) is 2.26. The maximum absolute atomic E-state index is 11.2. The summed E-state index contributed by atoms with van der Waals surface area (Å²) in [5.41, 5.74) is 4.59. The molecule has 0 aliphatic carbocycles. The van der Waals surface area contributed by atoms with E-state index in [0.29, 0.717) is 11.1 Å². The van der Waals surface area contributed by atoms with Gasteiger partial charge in [-0.2, -0.15) is 0 Å². The van der Waals surface area contributed by atoms with Gasteiger partial charge in [0.1, 0.15) is 0 Å². The van der Waals surface area contributed by atoms with Gasteiger partial charge in [0.05, 0.1) is 0 Å². The first kappa shape index (κ1) is 11.9. The summed E-state index contributed by atoms with van der Waals surface area (Å²) in [5.74, 6) is 9.05. The summed E-state index contributed by atoms with van der Waals surface area (Å²) in [6.45, 7) is 0. The van der Waals surface area contributed by atoms with Crippen molar-refractivity contribution in [2.45, 2.75) is 0 Å². The Balaban J connectivity index is 3.16. The van der Waals surface area contributed by atoms with Crippen LogP contribution in [0.15, 0.2) is 18.2 Å². The van der Waals surface area contributed by atoms with E-state index < -0.39 is 11.8 Å². The Bertz CT molecular complexity index is 373. The van der Waals surface area contributed by atoms with Crippen molar-refractivity contribution < 1.29 is 9.59 Å². The molecule has 0 unspecified atom stereocenters. The number of hydrogen-bond donors (Lipinski definition) is 4. The van der Waals surface area contributed by atoms with Crippen LogP contribution in [0.4, 0.5) is 0 Å². The molecule has 80 valence electrons. The Morgan fingerprint density at radius 1 is 1.00 bits per heavy atom. The van der Waals surface area contributed by atoms with E-state index in [-0.39, 0.29) is 0 Å². The van der Waals surface area contributed by atoms with Crippen molar-refractivity contribution in [1.82, 2.24) is 10.9 Å². The zero-order valence-electron chi connectivity index (χ0n) is 7.58. The molecule has 0 saturated carbocycles. The van der Waals surface area contributed by atoms with Crippen LogP contribution in [0.25, 0.3) is 0 Å². The molecule has 6 nitrogen and oxygen atoms in total. The van der Waals surface area contributed by atoms with Gasteiger partial charge in [-0.1, -0.05) is 0 Å². The summed E-state index contributed by atoms with van der Waals surface area (Å²) in [5, 5.41) is 0. The van der Waals surface area contributed by atoms with Crippen molar-refractivity contribution in [3.8, 4) is 0 Å². The molecule has 15 heavy (non-hydrogen) atoms. The molecule has 1 aromatic carbocycles. The van der Waals surface area contributed by atoms with Crippen LogP contribution in [0.1, 0.15) is 20.7 Å². The van der Waals surface area contributed by atoms with Gasteiger partial charge in [-0.05, 0) is 40.8 Å². The van der Waals surface area contributed by atoms with Crippen LogP contribution in [0, 0.1) is 3.57 Å². The topological polar surface area (TPSA) is 110 Å². The second kappa shape index (κ2) is 5.05. The van der Waals surface area contributed by atoms with Crippen molar-refractivity contribution >= 4 is 34.4 Å². The van der Waals surface area contributed by atoms with Gasteiger partial charge in [-0.15, -0.1) is 0 Å². The predicted octanol–water partition coefficient (Wildman–Crippen LogP) is -0.502. The van der Waals surface area contributed by atoms with Gasteiger partial charge < -0.3 is 0 Å². The summed E-state index contributed by atoms with van der Waals surface area (Å²) in [7, 11) is 0. The molecule has 0 radical (unpaired) electrons. The second-order valence-electron chi connectivity index (χ2n) is 2.68. The van der Waals surface area contributed by atoms with E-state index >= 15 is 0 Å². The molecule has 0 aromatic heterocycles. The lowest BCUT2D eigenvalue weighted by Crippen LogP contribution is -2.32. The fraction of sp³-hybridized carbons (Fsp3) is 0. The minimum atomic E-state index is -0.459. The van der Waals surface area contributed by atoms with Crippen molar-refractivity contribution in [3.05, 3.63) is 32.9 Å². The van der Waals surface area contributed by atoms with Crippen LogP contribution in [0.2, 0.25) is 0 Å². The molecule has 6 N–H and O–H groups in total. The zero-order chi connectivity index (χ0) is 11.4. The highest BCUT2D eigenvalue weighted by atomic mass is 127. The van der Waals surface area contributed by atoms with Crippen LogP contribution in [-0.2, 0) is 0 Å². The minimum Gasteiger partial charge on any atom is -0.290 e. The van der Waals surface area contributed by atoms with E-state index in [1.54, 1.807) is 12.1 Å². The number of nitrogen functional groups attached to an aromatic ring is 2. The highest BCUT2D eigenvalue weighted by Crippen LogP contribution is 2.12. The van der Waals surface area contributed by atoms with Crippen LogP contribution < -0.4 is 22.5 Å². The Labute approximate surface area is 99.5 Å². The first-order chi connectivity index (χ1) is 7.08. The number of carbonyl (C=O) groups excluding carboxylic acids is 2. The molecule has 0 aliphatic heterocycles. The number of benzene rings is 1. The third-order valence-corrected chi connectivity index (χ3v) is 2.31. The third-order valence-electron chi connectivity index (χ3n) is 1.68. The van der Waals surface area contributed by atoms with Gasteiger partial charge in [0.25, 0.3) is 11.8 Å². The lowest BCUT2D eigenvalue weighted by Gasteiger charge is -2.04. The normalized spacial score (nSPS) is 9.53. The fourth-order valence-electron chi connectivity index (χ4n) is 1.02. The fourth-order valence-corrected chi connectivity index (χ4v) is 1.69. The Hall–Kier alpha value is -1.19. The minimum absolute atomic E-state index is 0.308. The number of hydrogen-bond acceptors (Lipinski definition) is 4. The van der Waals surface area contributed by atoms with Gasteiger partial charge >= 0.3 is 0 Å². The van der Waals surface area contributed by atoms with Crippen LogP contribution in [0.5, 0.6) is 0 Å². The van der Waals surface area contributed by atoms with E-state index in [9.17, 15) is 9.59 Å². The van der Waals surface area contributed by atoms with Crippen molar-refractivity contribution in [2.24, 2.45) is 11.7 Å². The summed E-state index contributed by atoms with van der Waals surface area (Å²) in [4.78, 5) is 22.5. The average molecular weight is 320 g/mol.